The van der Waals surface area contributed by atoms with Crippen molar-refractivity contribution in [2.75, 3.05) is 0 Å². The van der Waals surface area contributed by atoms with Gasteiger partial charge in [-0.05, 0) is 30.0 Å². The van der Waals surface area contributed by atoms with Crippen molar-refractivity contribution < 1.29 is 9.53 Å². The van der Waals surface area contributed by atoms with Crippen molar-refractivity contribution in [1.29, 1.82) is 0 Å². The molecule has 2 aromatic rings. The van der Waals surface area contributed by atoms with Crippen LogP contribution >= 0.6 is 0 Å². The maximum Gasteiger partial charge on any atom is 0.334 e. The average Bonchev–Trinajstić information content (AvgIpc) is 2.59. The molecular formula is C21H22O2. The summed E-state index contributed by atoms with van der Waals surface area (Å²) >= 11 is 0. The number of benzene rings is 2. The Balaban J connectivity index is 2.40. The van der Waals surface area contributed by atoms with Crippen molar-refractivity contribution >= 4 is 12.0 Å². The molecule has 0 aromatic heterocycles. The van der Waals surface area contributed by atoms with E-state index in [1.54, 1.807) is 6.92 Å². The minimum atomic E-state index is -0.398. The van der Waals surface area contributed by atoms with Gasteiger partial charge in [0.05, 0.1) is 0 Å². The highest BCUT2D eigenvalue weighted by Crippen LogP contribution is 2.30. The molecule has 2 rings (SSSR count). The van der Waals surface area contributed by atoms with Crippen LogP contribution in [0.1, 0.15) is 37.5 Å². The first-order chi connectivity index (χ1) is 11.1. The van der Waals surface area contributed by atoms with E-state index in [9.17, 15) is 4.79 Å². The molecule has 0 aliphatic carbocycles. The lowest BCUT2D eigenvalue weighted by Crippen LogP contribution is -2.14. The molecule has 0 radical (unpaired) electrons. The van der Waals surface area contributed by atoms with Gasteiger partial charge in [0.1, 0.15) is 6.10 Å². The highest BCUT2D eigenvalue weighted by molar-refractivity contribution is 5.87. The highest BCUT2D eigenvalue weighted by atomic mass is 16.5. The lowest BCUT2D eigenvalue weighted by Gasteiger charge is -2.21. The summed E-state index contributed by atoms with van der Waals surface area (Å²) in [6, 6.07) is 19.9. The second kappa shape index (κ2) is 8.14. The van der Waals surface area contributed by atoms with Gasteiger partial charge in [-0.15, -0.1) is 0 Å². The van der Waals surface area contributed by atoms with Crippen LogP contribution in [0, 0.1) is 0 Å². The molecule has 2 heteroatoms. The van der Waals surface area contributed by atoms with Crippen LogP contribution in [0.4, 0.5) is 0 Å². The lowest BCUT2D eigenvalue weighted by atomic mass is 9.97. The topological polar surface area (TPSA) is 26.3 Å². The Kier molecular flexibility index (Phi) is 5.93. The molecule has 0 heterocycles. The Labute approximate surface area is 138 Å². The first-order valence-corrected chi connectivity index (χ1v) is 7.78. The second-order valence-electron chi connectivity index (χ2n) is 5.46. The van der Waals surface area contributed by atoms with E-state index in [1.165, 1.54) is 0 Å². The molecule has 0 amide bonds. The van der Waals surface area contributed by atoms with E-state index in [0.717, 1.165) is 23.1 Å². The smallest absolute Gasteiger partial charge is 0.334 e. The van der Waals surface area contributed by atoms with Gasteiger partial charge in [0.25, 0.3) is 0 Å². The van der Waals surface area contributed by atoms with Gasteiger partial charge < -0.3 is 4.74 Å². The van der Waals surface area contributed by atoms with E-state index < -0.39 is 6.10 Å². The zero-order chi connectivity index (χ0) is 16.7. The largest absolute Gasteiger partial charge is 0.450 e. The van der Waals surface area contributed by atoms with Crippen molar-refractivity contribution in [3.63, 3.8) is 0 Å². The van der Waals surface area contributed by atoms with Gasteiger partial charge in [-0.1, -0.05) is 80.2 Å². The van der Waals surface area contributed by atoms with E-state index in [-0.39, 0.29) is 5.97 Å². The fraction of sp³-hybridized carbons (Fsp3) is 0.190. The predicted octanol–water partition coefficient (Wildman–Crippen LogP) is 5.34. The Morgan fingerprint density at radius 2 is 1.65 bits per heavy atom. The van der Waals surface area contributed by atoms with Gasteiger partial charge in [0.15, 0.2) is 0 Å². The second-order valence-corrected chi connectivity index (χ2v) is 5.46. The van der Waals surface area contributed by atoms with Gasteiger partial charge in [-0.25, -0.2) is 4.79 Å². The Morgan fingerprint density at radius 3 is 2.17 bits per heavy atom. The van der Waals surface area contributed by atoms with Crippen LogP contribution in [0.2, 0.25) is 0 Å². The molecule has 0 saturated heterocycles. The van der Waals surface area contributed by atoms with Gasteiger partial charge in [-0.3, -0.25) is 0 Å². The minimum Gasteiger partial charge on any atom is -0.450 e. The van der Waals surface area contributed by atoms with Gasteiger partial charge in [0, 0.05) is 5.57 Å². The van der Waals surface area contributed by atoms with E-state index in [4.69, 9.17) is 4.74 Å². The summed E-state index contributed by atoms with van der Waals surface area (Å²) < 4.78 is 5.72. The molecule has 0 N–H and O–H groups in total. The van der Waals surface area contributed by atoms with E-state index in [0.29, 0.717) is 5.57 Å². The average molecular weight is 306 g/mol. The number of carbonyl (C=O) groups is 1. The van der Waals surface area contributed by atoms with Crippen molar-refractivity contribution in [2.45, 2.75) is 26.4 Å². The van der Waals surface area contributed by atoms with E-state index >= 15 is 0 Å². The fourth-order valence-corrected chi connectivity index (χ4v) is 2.32. The van der Waals surface area contributed by atoms with Crippen molar-refractivity contribution in [3.8, 4) is 0 Å². The first kappa shape index (κ1) is 16.8. The molecule has 2 nitrogen and oxygen atoms in total. The molecule has 0 aliphatic rings. The first-order valence-electron chi connectivity index (χ1n) is 7.78. The third-order valence-electron chi connectivity index (χ3n) is 3.57. The number of hydrogen-bond donors (Lipinski definition) is 0. The molecule has 0 fully saturated rings. The number of esters is 1. The summed E-state index contributed by atoms with van der Waals surface area (Å²) in [5.41, 5.74) is 3.51. The molecule has 118 valence electrons. The van der Waals surface area contributed by atoms with Crippen molar-refractivity contribution in [1.82, 2.24) is 0 Å². The van der Waals surface area contributed by atoms with Crippen LogP contribution in [0.3, 0.4) is 0 Å². The molecule has 0 bridgehead atoms. The summed E-state index contributed by atoms with van der Waals surface area (Å²) in [7, 11) is 0. The van der Waals surface area contributed by atoms with Crippen LogP contribution in [0.5, 0.6) is 0 Å². The van der Waals surface area contributed by atoms with Gasteiger partial charge in [-0.2, -0.15) is 0 Å². The van der Waals surface area contributed by atoms with Crippen LogP contribution < -0.4 is 0 Å². The lowest BCUT2D eigenvalue weighted by molar-refractivity contribution is -0.142. The monoisotopic (exact) mass is 306 g/mol. The molecule has 0 aliphatic heterocycles. The number of ether oxygens (including phenoxy) is 1. The third-order valence-corrected chi connectivity index (χ3v) is 3.57. The quantitative estimate of drug-likeness (QED) is 0.532. The molecule has 1 unspecified atom stereocenters. The summed E-state index contributed by atoms with van der Waals surface area (Å²) in [6.07, 6.45) is 2.48. The highest BCUT2D eigenvalue weighted by Gasteiger charge is 2.20. The van der Waals surface area contributed by atoms with Crippen LogP contribution in [-0.4, -0.2) is 5.97 Å². The molecule has 0 spiro atoms. The molecule has 23 heavy (non-hydrogen) atoms. The standard InChI is InChI=1S/C21H22O2/c1-4-18(15-17-11-7-5-8-12-17)20(23-21(22)16(2)3)19-13-9-6-10-14-19/h5-15,20H,2,4H2,1,3H3/b18-15+. The van der Waals surface area contributed by atoms with Crippen LogP contribution in [0.25, 0.3) is 6.08 Å². The minimum absolute atomic E-state index is 0.369. The van der Waals surface area contributed by atoms with E-state index in [1.807, 2.05) is 60.7 Å². The van der Waals surface area contributed by atoms with E-state index in [2.05, 4.69) is 19.6 Å². The molecule has 2 aromatic carbocycles. The maximum atomic E-state index is 12.1. The zero-order valence-corrected chi connectivity index (χ0v) is 13.7. The molecule has 0 saturated carbocycles. The SMILES string of the molecule is C=C(C)C(=O)OC(/C(=C/c1ccccc1)CC)c1ccccc1. The normalized spacial score (nSPS) is 12.5. The Hall–Kier alpha value is -2.61. The Bertz CT molecular complexity index is 684. The third kappa shape index (κ3) is 4.68. The summed E-state index contributed by atoms with van der Waals surface area (Å²) in [4.78, 5) is 12.1. The molecular weight excluding hydrogens is 284 g/mol. The summed E-state index contributed by atoms with van der Waals surface area (Å²) in [5.74, 6) is -0.369. The number of rotatable bonds is 6. The van der Waals surface area contributed by atoms with Gasteiger partial charge in [0.2, 0.25) is 0 Å². The van der Waals surface area contributed by atoms with Crippen molar-refractivity contribution in [3.05, 3.63) is 89.5 Å². The van der Waals surface area contributed by atoms with Crippen LogP contribution in [-0.2, 0) is 9.53 Å². The zero-order valence-electron chi connectivity index (χ0n) is 13.7. The summed E-state index contributed by atoms with van der Waals surface area (Å²) in [6.45, 7) is 7.41. The van der Waals surface area contributed by atoms with Gasteiger partial charge >= 0.3 is 5.97 Å². The van der Waals surface area contributed by atoms with Crippen molar-refractivity contribution in [2.24, 2.45) is 0 Å². The number of carbonyl (C=O) groups excluding carboxylic acids is 1. The maximum absolute atomic E-state index is 12.1. The Morgan fingerprint density at radius 1 is 1.09 bits per heavy atom. The summed E-state index contributed by atoms with van der Waals surface area (Å²) in [5, 5.41) is 0. The number of hydrogen-bond acceptors (Lipinski definition) is 2. The molecule has 1 atom stereocenters. The fourth-order valence-electron chi connectivity index (χ4n) is 2.32. The van der Waals surface area contributed by atoms with Crippen LogP contribution in [0.15, 0.2) is 78.4 Å². The predicted molar refractivity (Wildman–Crippen MR) is 94.8 cm³/mol.